The van der Waals surface area contributed by atoms with Gasteiger partial charge in [-0.15, -0.1) is 0 Å². The fourth-order valence-electron chi connectivity index (χ4n) is 1.46. The highest BCUT2D eigenvalue weighted by atomic mass is 32.1. The van der Waals surface area contributed by atoms with Crippen LogP contribution in [0.2, 0.25) is 0 Å². The number of nitrogens with zero attached hydrogens (tertiary/aromatic N) is 1. The first kappa shape index (κ1) is 9.21. The number of nitrogens with two attached hydrogens (primary N) is 1. The molecule has 1 aliphatic rings. The number of rotatable bonds is 1. The van der Waals surface area contributed by atoms with Gasteiger partial charge < -0.3 is 5.73 Å². The van der Waals surface area contributed by atoms with Crippen molar-refractivity contribution in [3.05, 3.63) is 41.0 Å². The first-order valence-electron chi connectivity index (χ1n) is 4.53. The number of aromatic nitrogens is 1. The van der Waals surface area contributed by atoms with E-state index in [-0.39, 0.29) is 0 Å². The van der Waals surface area contributed by atoms with Gasteiger partial charge in [0.25, 0.3) is 0 Å². The smallest absolute Gasteiger partial charge is 0.180 e. The standard InChI is InChI=1S/C11H12N2S/c1-8-10(14-11(12)13-8)9-6-4-2-3-5-7-9/h2-6H,7H2,1H3,(H2,12,13). The molecule has 0 fully saturated rings. The number of nitrogen functional groups attached to an aromatic ring is 1. The highest BCUT2D eigenvalue weighted by molar-refractivity contribution is 7.16. The van der Waals surface area contributed by atoms with Gasteiger partial charge in [-0.3, -0.25) is 0 Å². The number of hydrogen-bond acceptors (Lipinski definition) is 3. The number of anilines is 1. The SMILES string of the molecule is Cc1nc(N)sc1C1=CC=CC=CC1. The third-order valence-corrected chi connectivity index (χ3v) is 3.16. The predicted molar refractivity (Wildman–Crippen MR) is 62.1 cm³/mol. The van der Waals surface area contributed by atoms with Crippen LogP contribution in [0.25, 0.3) is 5.57 Å². The van der Waals surface area contributed by atoms with Gasteiger partial charge in [-0.1, -0.05) is 41.7 Å². The van der Waals surface area contributed by atoms with E-state index in [4.69, 9.17) is 5.73 Å². The summed E-state index contributed by atoms with van der Waals surface area (Å²) in [6, 6.07) is 0. The maximum Gasteiger partial charge on any atom is 0.180 e. The molecule has 2 nitrogen and oxygen atoms in total. The molecule has 0 amide bonds. The summed E-state index contributed by atoms with van der Waals surface area (Å²) in [5, 5.41) is 0.649. The Morgan fingerprint density at radius 3 is 2.93 bits per heavy atom. The van der Waals surface area contributed by atoms with E-state index in [1.54, 1.807) is 11.3 Å². The van der Waals surface area contributed by atoms with Crippen molar-refractivity contribution in [2.45, 2.75) is 13.3 Å². The van der Waals surface area contributed by atoms with Gasteiger partial charge in [0.05, 0.1) is 10.6 Å². The Kier molecular flexibility index (Phi) is 2.50. The van der Waals surface area contributed by atoms with E-state index in [0.29, 0.717) is 5.13 Å². The molecule has 14 heavy (non-hydrogen) atoms. The molecule has 3 heteroatoms. The van der Waals surface area contributed by atoms with Crippen molar-refractivity contribution in [2.75, 3.05) is 5.73 Å². The highest BCUT2D eigenvalue weighted by Gasteiger charge is 2.09. The Morgan fingerprint density at radius 1 is 1.36 bits per heavy atom. The molecule has 0 saturated heterocycles. The van der Waals surface area contributed by atoms with Crippen LogP contribution < -0.4 is 5.73 Å². The average Bonchev–Trinajstić information content (AvgIpc) is 2.43. The van der Waals surface area contributed by atoms with Gasteiger partial charge in [0.1, 0.15) is 0 Å². The van der Waals surface area contributed by atoms with Crippen LogP contribution in [-0.2, 0) is 0 Å². The Morgan fingerprint density at radius 2 is 2.21 bits per heavy atom. The lowest BCUT2D eigenvalue weighted by atomic mass is 10.1. The second-order valence-corrected chi connectivity index (χ2v) is 4.21. The number of hydrogen-bond donors (Lipinski definition) is 1. The molecule has 0 spiro atoms. The van der Waals surface area contributed by atoms with E-state index < -0.39 is 0 Å². The molecule has 1 heterocycles. The van der Waals surface area contributed by atoms with Gasteiger partial charge in [0.2, 0.25) is 0 Å². The summed E-state index contributed by atoms with van der Waals surface area (Å²) < 4.78 is 0. The Hall–Kier alpha value is -1.35. The fourth-order valence-corrected chi connectivity index (χ4v) is 2.33. The van der Waals surface area contributed by atoms with Gasteiger partial charge in [-0.05, 0) is 18.9 Å². The third kappa shape index (κ3) is 1.77. The van der Waals surface area contributed by atoms with Crippen LogP contribution in [0.5, 0.6) is 0 Å². The summed E-state index contributed by atoms with van der Waals surface area (Å²) >= 11 is 1.56. The molecular formula is C11H12N2S. The van der Waals surface area contributed by atoms with E-state index >= 15 is 0 Å². The monoisotopic (exact) mass is 204 g/mol. The van der Waals surface area contributed by atoms with Crippen molar-refractivity contribution < 1.29 is 0 Å². The van der Waals surface area contributed by atoms with Crippen LogP contribution in [0, 0.1) is 6.92 Å². The molecule has 0 unspecified atom stereocenters. The lowest BCUT2D eigenvalue weighted by molar-refractivity contribution is 1.25. The average molecular weight is 204 g/mol. The zero-order valence-electron chi connectivity index (χ0n) is 8.03. The van der Waals surface area contributed by atoms with E-state index in [0.717, 1.165) is 12.1 Å². The number of aryl methyl sites for hydroxylation is 1. The minimum absolute atomic E-state index is 0.649. The predicted octanol–water partition coefficient (Wildman–Crippen LogP) is 2.93. The minimum Gasteiger partial charge on any atom is -0.375 e. The molecule has 1 aliphatic carbocycles. The second-order valence-electron chi connectivity index (χ2n) is 3.18. The molecule has 0 atom stereocenters. The fraction of sp³-hybridized carbons (Fsp3) is 0.182. The summed E-state index contributed by atoms with van der Waals surface area (Å²) in [6.07, 6.45) is 11.4. The van der Waals surface area contributed by atoms with Crippen molar-refractivity contribution >= 4 is 22.0 Å². The molecule has 0 aromatic carbocycles. The summed E-state index contributed by atoms with van der Waals surface area (Å²) in [5.74, 6) is 0. The topological polar surface area (TPSA) is 38.9 Å². The molecule has 0 saturated carbocycles. The molecule has 0 bridgehead atoms. The van der Waals surface area contributed by atoms with E-state index in [1.807, 2.05) is 19.1 Å². The first-order valence-corrected chi connectivity index (χ1v) is 5.34. The second kappa shape index (κ2) is 3.80. The van der Waals surface area contributed by atoms with E-state index in [9.17, 15) is 0 Å². The van der Waals surface area contributed by atoms with Crippen LogP contribution in [-0.4, -0.2) is 4.98 Å². The van der Waals surface area contributed by atoms with Crippen molar-refractivity contribution in [1.29, 1.82) is 0 Å². The quantitative estimate of drug-likeness (QED) is 0.764. The molecule has 0 radical (unpaired) electrons. The zero-order valence-corrected chi connectivity index (χ0v) is 8.84. The normalized spacial score (nSPS) is 15.4. The maximum absolute atomic E-state index is 5.67. The van der Waals surface area contributed by atoms with Gasteiger partial charge in [0, 0.05) is 0 Å². The van der Waals surface area contributed by atoms with Gasteiger partial charge >= 0.3 is 0 Å². The molecule has 1 aromatic heterocycles. The molecule has 1 aromatic rings. The van der Waals surface area contributed by atoms with Crippen LogP contribution in [0.3, 0.4) is 0 Å². The molecule has 0 aliphatic heterocycles. The van der Waals surface area contributed by atoms with Crippen LogP contribution >= 0.6 is 11.3 Å². The third-order valence-electron chi connectivity index (χ3n) is 2.10. The highest BCUT2D eigenvalue weighted by Crippen LogP contribution is 2.30. The van der Waals surface area contributed by atoms with Crippen molar-refractivity contribution in [1.82, 2.24) is 4.98 Å². The van der Waals surface area contributed by atoms with Gasteiger partial charge in [0.15, 0.2) is 5.13 Å². The lowest BCUT2D eigenvalue weighted by Crippen LogP contribution is -1.83. The molecule has 72 valence electrons. The maximum atomic E-state index is 5.67. The van der Waals surface area contributed by atoms with Crippen molar-refractivity contribution in [3.8, 4) is 0 Å². The molecular weight excluding hydrogens is 192 g/mol. The van der Waals surface area contributed by atoms with Crippen molar-refractivity contribution in [2.24, 2.45) is 0 Å². The zero-order chi connectivity index (χ0) is 9.97. The summed E-state index contributed by atoms with van der Waals surface area (Å²) in [6.45, 7) is 2.00. The number of thiazole rings is 1. The lowest BCUT2D eigenvalue weighted by Gasteiger charge is -1.99. The molecule has 2 N–H and O–H groups in total. The van der Waals surface area contributed by atoms with Crippen LogP contribution in [0.15, 0.2) is 30.4 Å². The van der Waals surface area contributed by atoms with E-state index in [1.165, 1.54) is 10.5 Å². The van der Waals surface area contributed by atoms with Crippen LogP contribution in [0.1, 0.15) is 17.0 Å². The van der Waals surface area contributed by atoms with Crippen LogP contribution in [0.4, 0.5) is 5.13 Å². The largest absolute Gasteiger partial charge is 0.375 e. The summed E-state index contributed by atoms with van der Waals surface area (Å²) in [7, 11) is 0. The Balaban J connectivity index is 2.39. The van der Waals surface area contributed by atoms with E-state index in [2.05, 4.69) is 23.2 Å². The van der Waals surface area contributed by atoms with Gasteiger partial charge in [-0.25, -0.2) is 4.98 Å². The number of allylic oxidation sites excluding steroid dienone is 6. The van der Waals surface area contributed by atoms with Gasteiger partial charge in [-0.2, -0.15) is 0 Å². The van der Waals surface area contributed by atoms with Crippen molar-refractivity contribution in [3.63, 3.8) is 0 Å². The summed E-state index contributed by atoms with van der Waals surface area (Å²) in [5.41, 5.74) is 7.99. The Bertz CT molecular complexity index is 424. The molecule has 2 rings (SSSR count). The minimum atomic E-state index is 0.649. The Labute approximate surface area is 87.5 Å². The summed E-state index contributed by atoms with van der Waals surface area (Å²) in [4.78, 5) is 5.43. The first-order chi connectivity index (χ1) is 6.77.